The molecule has 0 fully saturated rings. The molecule has 0 saturated carbocycles. The van der Waals surface area contributed by atoms with Crippen LogP contribution in [0.2, 0.25) is 0 Å². The first-order valence-corrected chi connectivity index (χ1v) is 5.79. The molecule has 92 valence electrons. The Bertz CT molecular complexity index is 563. The minimum Gasteiger partial charge on any atom is -0.453 e. The number of nitrogens with two attached hydrogens (primary N) is 1. The lowest BCUT2D eigenvalue weighted by Gasteiger charge is -2.00. The molecule has 2 rings (SSSR count). The summed E-state index contributed by atoms with van der Waals surface area (Å²) in [6.45, 7) is 0.0388. The van der Waals surface area contributed by atoms with Gasteiger partial charge in [0.15, 0.2) is 10.9 Å². The highest BCUT2D eigenvalue weighted by Gasteiger charge is 2.11. The third-order valence-electron chi connectivity index (χ3n) is 2.36. The molecule has 0 bridgehead atoms. The van der Waals surface area contributed by atoms with Crippen LogP contribution >= 0.6 is 12.2 Å². The molecule has 0 saturated heterocycles. The lowest BCUT2D eigenvalue weighted by molar-refractivity contribution is 0.0971. The predicted molar refractivity (Wildman–Crippen MR) is 73.3 cm³/mol. The number of benzene rings is 1. The normalized spacial score (nSPS) is 10.0. The highest BCUT2D eigenvalue weighted by molar-refractivity contribution is 7.80. The van der Waals surface area contributed by atoms with Gasteiger partial charge < -0.3 is 15.5 Å². The van der Waals surface area contributed by atoms with E-state index in [1.807, 2.05) is 30.3 Å². The zero-order chi connectivity index (χ0) is 13.0. The number of carbonyl (C=O) groups excluding carboxylic acids is 1. The Morgan fingerprint density at radius 1 is 1.22 bits per heavy atom. The molecule has 3 N–H and O–H groups in total. The summed E-state index contributed by atoms with van der Waals surface area (Å²) in [6, 6.07) is 13.0. The van der Waals surface area contributed by atoms with E-state index < -0.39 is 0 Å². The summed E-state index contributed by atoms with van der Waals surface area (Å²) in [5, 5.41) is 2.69. The van der Waals surface area contributed by atoms with E-state index >= 15 is 0 Å². The second-order valence-corrected chi connectivity index (χ2v) is 4.11. The fourth-order valence-electron chi connectivity index (χ4n) is 1.50. The molecule has 0 radical (unpaired) electrons. The molecule has 0 spiro atoms. The Kier molecular flexibility index (Phi) is 3.74. The summed E-state index contributed by atoms with van der Waals surface area (Å²) in [5.74, 6) is 0.761. The lowest BCUT2D eigenvalue weighted by atomic mass is 10.2. The molecule has 0 amide bonds. The Hall–Kier alpha value is -2.14. The number of ketones is 1. The van der Waals surface area contributed by atoms with Gasteiger partial charge in [0.2, 0.25) is 5.78 Å². The highest BCUT2D eigenvalue weighted by Crippen LogP contribution is 2.21. The summed E-state index contributed by atoms with van der Waals surface area (Å²) < 4.78 is 5.49. The Labute approximate surface area is 110 Å². The van der Waals surface area contributed by atoms with Crippen LogP contribution in [0.15, 0.2) is 46.9 Å². The molecule has 5 heteroatoms. The fraction of sp³-hybridized carbons (Fsp3) is 0.0769. The molecule has 0 aliphatic carbocycles. The molecular weight excluding hydrogens is 248 g/mol. The molecule has 0 aliphatic heterocycles. The van der Waals surface area contributed by atoms with E-state index in [0.717, 1.165) is 5.56 Å². The van der Waals surface area contributed by atoms with Crippen LogP contribution < -0.4 is 11.1 Å². The third kappa shape index (κ3) is 2.95. The van der Waals surface area contributed by atoms with Crippen LogP contribution in [0.1, 0.15) is 10.6 Å². The molecule has 1 aromatic carbocycles. The second kappa shape index (κ2) is 5.46. The Balaban J connectivity index is 2.11. The minimum absolute atomic E-state index is 0.0388. The number of rotatable bonds is 4. The van der Waals surface area contributed by atoms with E-state index in [4.69, 9.17) is 10.2 Å². The van der Waals surface area contributed by atoms with Gasteiger partial charge in [0.05, 0.1) is 6.54 Å². The maximum atomic E-state index is 11.7. The van der Waals surface area contributed by atoms with Gasteiger partial charge in [-0.15, -0.1) is 0 Å². The first-order valence-electron chi connectivity index (χ1n) is 5.38. The van der Waals surface area contributed by atoms with Crippen LogP contribution in [0.25, 0.3) is 11.3 Å². The summed E-state index contributed by atoms with van der Waals surface area (Å²) in [7, 11) is 0. The van der Waals surface area contributed by atoms with Gasteiger partial charge in [0.1, 0.15) is 5.76 Å². The zero-order valence-corrected chi connectivity index (χ0v) is 10.4. The van der Waals surface area contributed by atoms with Crippen molar-refractivity contribution in [1.29, 1.82) is 0 Å². The van der Waals surface area contributed by atoms with Gasteiger partial charge in [0.25, 0.3) is 0 Å². The average Bonchev–Trinajstić information content (AvgIpc) is 2.86. The number of hydrogen-bond donors (Lipinski definition) is 2. The monoisotopic (exact) mass is 260 g/mol. The van der Waals surface area contributed by atoms with Crippen LogP contribution in [0.3, 0.4) is 0 Å². The van der Waals surface area contributed by atoms with Crippen molar-refractivity contribution >= 4 is 23.1 Å². The topological polar surface area (TPSA) is 68.3 Å². The molecule has 0 atom stereocenters. The van der Waals surface area contributed by atoms with Crippen molar-refractivity contribution < 1.29 is 9.21 Å². The molecule has 1 heterocycles. The SMILES string of the molecule is NC(=S)NCC(=O)c1ccc(-c2ccccc2)o1. The van der Waals surface area contributed by atoms with Crippen molar-refractivity contribution in [1.82, 2.24) is 5.32 Å². The number of furan rings is 1. The van der Waals surface area contributed by atoms with Crippen molar-refractivity contribution in [3.63, 3.8) is 0 Å². The number of carbonyl (C=O) groups is 1. The predicted octanol–water partition coefficient (Wildman–Crippen LogP) is 1.96. The largest absolute Gasteiger partial charge is 0.453 e. The van der Waals surface area contributed by atoms with Gasteiger partial charge in [-0.3, -0.25) is 4.79 Å². The van der Waals surface area contributed by atoms with Crippen LogP contribution in [-0.4, -0.2) is 17.4 Å². The van der Waals surface area contributed by atoms with Gasteiger partial charge >= 0.3 is 0 Å². The van der Waals surface area contributed by atoms with Crippen molar-refractivity contribution in [2.24, 2.45) is 5.73 Å². The molecule has 1 aromatic heterocycles. The average molecular weight is 260 g/mol. The van der Waals surface area contributed by atoms with E-state index in [0.29, 0.717) is 5.76 Å². The van der Waals surface area contributed by atoms with E-state index in [-0.39, 0.29) is 23.2 Å². The van der Waals surface area contributed by atoms with Crippen LogP contribution in [0.4, 0.5) is 0 Å². The Morgan fingerprint density at radius 3 is 2.61 bits per heavy atom. The van der Waals surface area contributed by atoms with Gasteiger partial charge in [-0.25, -0.2) is 0 Å². The molecule has 0 aliphatic rings. The zero-order valence-electron chi connectivity index (χ0n) is 9.55. The smallest absolute Gasteiger partial charge is 0.217 e. The highest BCUT2D eigenvalue weighted by atomic mass is 32.1. The molecule has 2 aromatic rings. The Morgan fingerprint density at radius 2 is 1.94 bits per heavy atom. The fourth-order valence-corrected chi connectivity index (χ4v) is 1.57. The minimum atomic E-state index is -0.190. The number of nitrogens with one attached hydrogen (secondary N) is 1. The first-order chi connectivity index (χ1) is 8.66. The summed E-state index contributed by atoms with van der Waals surface area (Å²) >= 11 is 4.63. The van der Waals surface area contributed by atoms with Crippen molar-refractivity contribution in [2.75, 3.05) is 6.54 Å². The molecule has 0 unspecified atom stereocenters. The summed E-state index contributed by atoms with van der Waals surface area (Å²) in [4.78, 5) is 11.7. The van der Waals surface area contributed by atoms with Crippen LogP contribution in [0.5, 0.6) is 0 Å². The first kappa shape index (κ1) is 12.3. The van der Waals surface area contributed by atoms with Crippen LogP contribution in [0, 0.1) is 0 Å². The van der Waals surface area contributed by atoms with Gasteiger partial charge in [-0.2, -0.15) is 0 Å². The van der Waals surface area contributed by atoms with E-state index in [1.165, 1.54) is 0 Å². The van der Waals surface area contributed by atoms with Crippen molar-refractivity contribution in [2.45, 2.75) is 0 Å². The maximum absolute atomic E-state index is 11.7. The van der Waals surface area contributed by atoms with E-state index in [1.54, 1.807) is 12.1 Å². The third-order valence-corrected chi connectivity index (χ3v) is 2.51. The molecular formula is C13H12N2O2S. The number of Topliss-reactive ketones (excluding diaryl/α,β-unsaturated/α-hetero) is 1. The summed E-state index contributed by atoms with van der Waals surface area (Å²) in [6.07, 6.45) is 0. The van der Waals surface area contributed by atoms with Crippen LogP contribution in [-0.2, 0) is 0 Å². The van der Waals surface area contributed by atoms with Crippen molar-refractivity contribution in [3.05, 3.63) is 48.2 Å². The molecule has 18 heavy (non-hydrogen) atoms. The quantitative estimate of drug-likeness (QED) is 0.649. The standard InChI is InChI=1S/C13H12N2O2S/c14-13(18)15-8-10(16)12-7-6-11(17-12)9-4-2-1-3-5-9/h1-7H,8H2,(H3,14,15,18). The number of thiocarbonyl (C=S) groups is 1. The van der Waals surface area contributed by atoms with E-state index in [9.17, 15) is 4.79 Å². The lowest BCUT2D eigenvalue weighted by Crippen LogP contribution is -2.33. The maximum Gasteiger partial charge on any atom is 0.217 e. The molecule has 4 nitrogen and oxygen atoms in total. The van der Waals surface area contributed by atoms with Gasteiger partial charge in [0, 0.05) is 5.56 Å². The van der Waals surface area contributed by atoms with Crippen molar-refractivity contribution in [3.8, 4) is 11.3 Å². The van der Waals surface area contributed by atoms with Gasteiger partial charge in [-0.1, -0.05) is 30.3 Å². The second-order valence-electron chi connectivity index (χ2n) is 3.67. The van der Waals surface area contributed by atoms with Gasteiger partial charge in [-0.05, 0) is 24.4 Å². The number of hydrogen-bond acceptors (Lipinski definition) is 3. The summed E-state index contributed by atoms with van der Waals surface area (Å²) in [5.41, 5.74) is 6.18. The van der Waals surface area contributed by atoms with E-state index in [2.05, 4.69) is 17.5 Å².